The molecule has 8 nitrogen and oxygen atoms in total. The fourth-order valence-corrected chi connectivity index (χ4v) is 3.16. The van der Waals surface area contributed by atoms with Gasteiger partial charge in [-0.05, 0) is 30.3 Å². The molecule has 1 aliphatic rings. The summed E-state index contributed by atoms with van der Waals surface area (Å²) in [7, 11) is 1.55. The van der Waals surface area contributed by atoms with Crippen molar-refractivity contribution in [3.8, 4) is 34.3 Å². The molecule has 8 heteroatoms. The van der Waals surface area contributed by atoms with Crippen LogP contribution >= 0.6 is 0 Å². The highest BCUT2D eigenvalue weighted by atomic mass is 16.5. The Morgan fingerprint density at radius 1 is 1.21 bits per heavy atom. The van der Waals surface area contributed by atoms with Gasteiger partial charge in [0.05, 0.1) is 30.7 Å². The number of aromatic nitrogens is 3. The number of aliphatic hydroxyl groups excluding tert-OH is 1. The lowest BCUT2D eigenvalue weighted by Gasteiger charge is -2.11. The molecule has 144 valence electrons. The number of aliphatic hydroxyl groups is 1. The van der Waals surface area contributed by atoms with Gasteiger partial charge in [-0.25, -0.2) is 9.97 Å². The van der Waals surface area contributed by atoms with Crippen LogP contribution in [0.25, 0.3) is 22.8 Å². The highest BCUT2D eigenvalue weighted by molar-refractivity contribution is 5.97. The van der Waals surface area contributed by atoms with Crippen LogP contribution < -0.4 is 14.8 Å². The standard InChI is InChI=1S/C20H20N4O4/c1-27-18-10-12(2-3-17(18)28-9-8-25)19-21-6-5-15(24-19)16-11-13-14(23-16)4-7-22-20(13)26/h2-3,5-6,10-11,23,25H,4,7-9H2,1H3,(H,22,26). The topological polar surface area (TPSA) is 109 Å². The van der Waals surface area contributed by atoms with Gasteiger partial charge >= 0.3 is 0 Å². The third kappa shape index (κ3) is 3.41. The average Bonchev–Trinajstić information content (AvgIpc) is 3.18. The molecule has 1 aliphatic heterocycles. The number of fused-ring (bicyclic) bond motifs is 1. The quantitative estimate of drug-likeness (QED) is 0.602. The second-order valence-electron chi connectivity index (χ2n) is 6.28. The summed E-state index contributed by atoms with van der Waals surface area (Å²) < 4.78 is 10.8. The van der Waals surface area contributed by atoms with Crippen LogP contribution in [0, 0.1) is 0 Å². The number of H-pyrrole nitrogens is 1. The highest BCUT2D eigenvalue weighted by Crippen LogP contribution is 2.32. The molecule has 0 aliphatic carbocycles. The number of hydrogen-bond donors (Lipinski definition) is 3. The van der Waals surface area contributed by atoms with Crippen molar-refractivity contribution in [1.29, 1.82) is 0 Å². The summed E-state index contributed by atoms with van der Waals surface area (Å²) in [5.41, 5.74) is 3.83. The number of carbonyl (C=O) groups excluding carboxylic acids is 1. The monoisotopic (exact) mass is 380 g/mol. The van der Waals surface area contributed by atoms with E-state index in [0.29, 0.717) is 35.1 Å². The van der Waals surface area contributed by atoms with E-state index in [1.807, 2.05) is 12.1 Å². The van der Waals surface area contributed by atoms with E-state index in [1.165, 1.54) is 0 Å². The van der Waals surface area contributed by atoms with E-state index >= 15 is 0 Å². The Morgan fingerprint density at radius 3 is 2.89 bits per heavy atom. The van der Waals surface area contributed by atoms with E-state index in [0.717, 1.165) is 23.4 Å². The maximum Gasteiger partial charge on any atom is 0.253 e. The first-order chi connectivity index (χ1) is 13.7. The maximum atomic E-state index is 12.0. The largest absolute Gasteiger partial charge is 0.493 e. The maximum absolute atomic E-state index is 12.0. The van der Waals surface area contributed by atoms with Gasteiger partial charge in [0.15, 0.2) is 17.3 Å². The van der Waals surface area contributed by atoms with Crippen molar-refractivity contribution in [1.82, 2.24) is 20.3 Å². The summed E-state index contributed by atoms with van der Waals surface area (Å²) >= 11 is 0. The van der Waals surface area contributed by atoms with Crippen molar-refractivity contribution in [2.24, 2.45) is 0 Å². The van der Waals surface area contributed by atoms with Crippen molar-refractivity contribution in [2.45, 2.75) is 6.42 Å². The molecule has 28 heavy (non-hydrogen) atoms. The Hall–Kier alpha value is -3.39. The molecular weight excluding hydrogens is 360 g/mol. The molecule has 1 amide bonds. The number of methoxy groups -OCH3 is 1. The fraction of sp³-hybridized carbons (Fsp3) is 0.250. The molecule has 3 heterocycles. The number of nitrogens with one attached hydrogen (secondary N) is 2. The first-order valence-corrected chi connectivity index (χ1v) is 8.95. The second-order valence-corrected chi connectivity index (χ2v) is 6.28. The summed E-state index contributed by atoms with van der Waals surface area (Å²) in [5, 5.41) is 11.8. The number of carbonyl (C=O) groups is 1. The molecule has 0 atom stereocenters. The summed E-state index contributed by atoms with van der Waals surface area (Å²) in [5.74, 6) is 1.54. The van der Waals surface area contributed by atoms with Gasteiger partial charge in [0, 0.05) is 30.4 Å². The molecule has 2 aromatic heterocycles. The van der Waals surface area contributed by atoms with E-state index < -0.39 is 0 Å². The minimum absolute atomic E-state index is 0.0683. The third-order valence-corrected chi connectivity index (χ3v) is 4.51. The molecule has 0 saturated heterocycles. The van der Waals surface area contributed by atoms with E-state index in [1.54, 1.807) is 31.5 Å². The van der Waals surface area contributed by atoms with E-state index in [-0.39, 0.29) is 19.1 Å². The molecule has 0 spiro atoms. The van der Waals surface area contributed by atoms with Gasteiger partial charge in [-0.2, -0.15) is 0 Å². The van der Waals surface area contributed by atoms with Gasteiger partial charge in [-0.3, -0.25) is 4.79 Å². The fourth-order valence-electron chi connectivity index (χ4n) is 3.16. The Balaban J connectivity index is 1.67. The van der Waals surface area contributed by atoms with E-state index in [2.05, 4.69) is 20.3 Å². The second kappa shape index (κ2) is 7.69. The zero-order chi connectivity index (χ0) is 19.5. The van der Waals surface area contributed by atoms with Crippen LogP contribution in [0.15, 0.2) is 36.5 Å². The zero-order valence-corrected chi connectivity index (χ0v) is 15.4. The van der Waals surface area contributed by atoms with E-state index in [4.69, 9.17) is 14.6 Å². The minimum atomic E-state index is -0.0752. The van der Waals surface area contributed by atoms with Gasteiger partial charge in [0.25, 0.3) is 5.91 Å². The van der Waals surface area contributed by atoms with Gasteiger partial charge in [0.1, 0.15) is 6.61 Å². The predicted octanol–water partition coefficient (Wildman–Crippen LogP) is 1.80. The van der Waals surface area contributed by atoms with Crippen LogP contribution in [0.3, 0.4) is 0 Å². The predicted molar refractivity (Wildman–Crippen MR) is 102 cm³/mol. The summed E-state index contributed by atoms with van der Waals surface area (Å²) in [6.07, 6.45) is 2.45. The number of ether oxygens (including phenoxy) is 2. The van der Waals surface area contributed by atoms with Crippen LogP contribution in [-0.4, -0.2) is 52.8 Å². The van der Waals surface area contributed by atoms with Gasteiger partial charge in [-0.1, -0.05) is 0 Å². The summed E-state index contributed by atoms with van der Waals surface area (Å²) in [6.45, 7) is 0.742. The first-order valence-electron chi connectivity index (χ1n) is 8.95. The van der Waals surface area contributed by atoms with Crippen LogP contribution in [0.1, 0.15) is 16.1 Å². The van der Waals surface area contributed by atoms with Crippen molar-refractivity contribution >= 4 is 5.91 Å². The SMILES string of the molecule is COc1cc(-c2nccc(-c3cc4c([nH]3)CCNC4=O)n2)ccc1OCCO. The molecule has 1 aromatic carbocycles. The Labute approximate surface area is 161 Å². The van der Waals surface area contributed by atoms with Crippen molar-refractivity contribution in [3.05, 3.63) is 47.8 Å². The molecule has 0 bridgehead atoms. The number of nitrogens with zero attached hydrogens (tertiary/aromatic N) is 2. The molecule has 4 rings (SSSR count). The number of hydrogen-bond acceptors (Lipinski definition) is 6. The number of amides is 1. The Kier molecular flexibility index (Phi) is 4.94. The van der Waals surface area contributed by atoms with Crippen molar-refractivity contribution < 1.29 is 19.4 Å². The van der Waals surface area contributed by atoms with Crippen molar-refractivity contribution in [2.75, 3.05) is 26.9 Å². The molecule has 0 fully saturated rings. The molecule has 0 saturated carbocycles. The van der Waals surface area contributed by atoms with E-state index in [9.17, 15) is 4.79 Å². The molecule has 0 radical (unpaired) electrons. The highest BCUT2D eigenvalue weighted by Gasteiger charge is 2.20. The Morgan fingerprint density at radius 2 is 2.11 bits per heavy atom. The number of benzene rings is 1. The number of rotatable bonds is 6. The lowest BCUT2D eigenvalue weighted by atomic mass is 10.1. The van der Waals surface area contributed by atoms with Crippen LogP contribution in [-0.2, 0) is 6.42 Å². The zero-order valence-electron chi connectivity index (χ0n) is 15.4. The molecular formula is C20H20N4O4. The minimum Gasteiger partial charge on any atom is -0.493 e. The lowest BCUT2D eigenvalue weighted by Crippen LogP contribution is -2.31. The van der Waals surface area contributed by atoms with Gasteiger partial charge < -0.3 is 24.9 Å². The lowest BCUT2D eigenvalue weighted by molar-refractivity contribution is 0.0946. The Bertz CT molecular complexity index is 1020. The number of aromatic amines is 1. The summed E-state index contributed by atoms with van der Waals surface area (Å²) in [4.78, 5) is 24.3. The van der Waals surface area contributed by atoms with Crippen LogP contribution in [0.4, 0.5) is 0 Å². The van der Waals surface area contributed by atoms with Crippen LogP contribution in [0.5, 0.6) is 11.5 Å². The third-order valence-electron chi connectivity index (χ3n) is 4.51. The van der Waals surface area contributed by atoms with Crippen LogP contribution in [0.2, 0.25) is 0 Å². The van der Waals surface area contributed by atoms with Gasteiger partial charge in [0.2, 0.25) is 0 Å². The molecule has 0 unspecified atom stereocenters. The first kappa shape index (κ1) is 18.0. The summed E-state index contributed by atoms with van der Waals surface area (Å²) in [6, 6.07) is 9.01. The molecule has 3 aromatic rings. The van der Waals surface area contributed by atoms with Gasteiger partial charge in [-0.15, -0.1) is 0 Å². The average molecular weight is 380 g/mol. The normalized spacial score (nSPS) is 13.0. The smallest absolute Gasteiger partial charge is 0.253 e. The molecule has 3 N–H and O–H groups in total. The van der Waals surface area contributed by atoms with Crippen molar-refractivity contribution in [3.63, 3.8) is 0 Å².